The first-order valence-corrected chi connectivity index (χ1v) is 5.12. The van der Waals surface area contributed by atoms with Gasteiger partial charge in [-0.15, -0.1) is 0 Å². The molecule has 0 spiro atoms. The molecule has 0 radical (unpaired) electrons. The summed E-state index contributed by atoms with van der Waals surface area (Å²) in [7, 11) is 1.50. The van der Waals surface area contributed by atoms with Crippen LogP contribution in [0, 0.1) is 0 Å². The maximum Gasteiger partial charge on any atom is 0.156 e. The lowest BCUT2D eigenvalue weighted by Crippen LogP contribution is -1.84. The summed E-state index contributed by atoms with van der Waals surface area (Å²) in [5.74, 6) is 0.456. The van der Waals surface area contributed by atoms with Gasteiger partial charge in [-0.2, -0.15) is 0 Å². The molecule has 1 rings (SSSR count). The first-order valence-electron chi connectivity index (χ1n) is 3.98. The maximum absolute atomic E-state index is 5.74. The molecular weight excluding hydrogens is 254 g/mol. The van der Waals surface area contributed by atoms with E-state index in [1.54, 1.807) is 24.3 Å². The number of benzene rings is 1. The monoisotopic (exact) mass is 264 g/mol. The SMILES string of the molecule is C=CC=C.COc1c(Cl)cc(Cl)cc1Cl. The van der Waals surface area contributed by atoms with Gasteiger partial charge in [0.15, 0.2) is 5.75 Å². The smallest absolute Gasteiger partial charge is 0.156 e. The largest absolute Gasteiger partial charge is 0.494 e. The van der Waals surface area contributed by atoms with E-state index in [0.29, 0.717) is 20.8 Å². The van der Waals surface area contributed by atoms with Crippen molar-refractivity contribution in [2.45, 2.75) is 0 Å². The zero-order valence-electron chi connectivity index (χ0n) is 8.27. The molecule has 0 unspecified atom stereocenters. The fourth-order valence-corrected chi connectivity index (χ4v) is 1.70. The summed E-state index contributed by atoms with van der Waals surface area (Å²) in [4.78, 5) is 0. The number of hydrogen-bond donors (Lipinski definition) is 0. The molecule has 0 aliphatic heterocycles. The van der Waals surface area contributed by atoms with Crippen LogP contribution < -0.4 is 4.74 Å². The number of halogens is 3. The standard InChI is InChI=1S/C7H5Cl3O.C4H6/c1-11-7-5(9)2-4(8)3-6(7)10;1-3-4-2/h2-3H,1H3;3-4H,1-2H2. The minimum absolute atomic E-state index is 0.421. The molecule has 0 aromatic heterocycles. The molecule has 82 valence electrons. The van der Waals surface area contributed by atoms with Crippen LogP contribution in [0.3, 0.4) is 0 Å². The Balaban J connectivity index is 0.000000423. The van der Waals surface area contributed by atoms with Crippen LogP contribution in [0.15, 0.2) is 37.4 Å². The third kappa shape index (κ3) is 5.12. The summed E-state index contributed by atoms with van der Waals surface area (Å²) in [6, 6.07) is 3.15. The van der Waals surface area contributed by atoms with Gasteiger partial charge >= 0.3 is 0 Å². The quantitative estimate of drug-likeness (QED) is 0.683. The molecule has 1 aromatic carbocycles. The topological polar surface area (TPSA) is 9.23 Å². The molecule has 1 nitrogen and oxygen atoms in total. The van der Waals surface area contributed by atoms with Crippen LogP contribution in [0.2, 0.25) is 15.1 Å². The second kappa shape index (κ2) is 7.63. The second-order valence-electron chi connectivity index (χ2n) is 2.37. The Bertz CT molecular complexity index is 319. The van der Waals surface area contributed by atoms with E-state index < -0.39 is 0 Å². The van der Waals surface area contributed by atoms with Crippen LogP contribution in [0.1, 0.15) is 0 Å². The van der Waals surface area contributed by atoms with E-state index in [0.717, 1.165) is 0 Å². The van der Waals surface area contributed by atoms with Crippen molar-refractivity contribution in [1.29, 1.82) is 0 Å². The fraction of sp³-hybridized carbons (Fsp3) is 0.0909. The van der Waals surface area contributed by atoms with Crippen molar-refractivity contribution in [3.05, 3.63) is 52.5 Å². The van der Waals surface area contributed by atoms with Gasteiger partial charge in [0.1, 0.15) is 0 Å². The molecule has 1 aromatic rings. The average Bonchev–Trinajstić information content (AvgIpc) is 2.17. The molecule has 0 fully saturated rings. The van der Waals surface area contributed by atoms with E-state index in [9.17, 15) is 0 Å². The van der Waals surface area contributed by atoms with Gasteiger partial charge in [0.05, 0.1) is 17.2 Å². The fourth-order valence-electron chi connectivity index (χ4n) is 0.724. The summed E-state index contributed by atoms with van der Waals surface area (Å²) >= 11 is 17.1. The van der Waals surface area contributed by atoms with Crippen LogP contribution in [0.5, 0.6) is 5.75 Å². The number of hydrogen-bond acceptors (Lipinski definition) is 1. The van der Waals surface area contributed by atoms with Gasteiger partial charge in [0.25, 0.3) is 0 Å². The molecule has 0 amide bonds. The van der Waals surface area contributed by atoms with E-state index >= 15 is 0 Å². The Labute approximate surface area is 105 Å². The minimum atomic E-state index is 0.421. The van der Waals surface area contributed by atoms with Gasteiger partial charge in [-0.3, -0.25) is 0 Å². The molecule has 0 bridgehead atoms. The summed E-state index contributed by atoms with van der Waals surface area (Å²) < 4.78 is 4.91. The highest BCUT2D eigenvalue weighted by molar-refractivity contribution is 6.40. The molecule has 0 aliphatic carbocycles. The molecule has 0 heterocycles. The van der Waals surface area contributed by atoms with Gasteiger partial charge in [0.2, 0.25) is 0 Å². The lowest BCUT2D eigenvalue weighted by molar-refractivity contribution is 0.415. The van der Waals surface area contributed by atoms with E-state index in [2.05, 4.69) is 13.2 Å². The molecule has 4 heteroatoms. The predicted octanol–water partition coefficient (Wildman–Crippen LogP) is 5.01. The van der Waals surface area contributed by atoms with Gasteiger partial charge in [0, 0.05) is 5.02 Å². The molecule has 0 saturated heterocycles. The van der Waals surface area contributed by atoms with Crippen LogP contribution in [0.4, 0.5) is 0 Å². The van der Waals surface area contributed by atoms with Crippen molar-refractivity contribution < 1.29 is 4.74 Å². The van der Waals surface area contributed by atoms with E-state index in [1.165, 1.54) is 7.11 Å². The molecule has 15 heavy (non-hydrogen) atoms. The normalized spacial score (nSPS) is 8.53. The van der Waals surface area contributed by atoms with Crippen molar-refractivity contribution >= 4 is 34.8 Å². The first kappa shape index (κ1) is 14.4. The van der Waals surface area contributed by atoms with Gasteiger partial charge < -0.3 is 4.74 Å². The zero-order chi connectivity index (χ0) is 11.8. The summed E-state index contributed by atoms with van der Waals surface area (Å²) in [6.45, 7) is 6.72. The lowest BCUT2D eigenvalue weighted by Gasteiger charge is -2.04. The zero-order valence-corrected chi connectivity index (χ0v) is 10.5. The Morgan fingerprint density at radius 2 is 1.47 bits per heavy atom. The minimum Gasteiger partial charge on any atom is -0.494 e. The van der Waals surface area contributed by atoms with E-state index in [-0.39, 0.29) is 0 Å². The lowest BCUT2D eigenvalue weighted by atomic mass is 10.3. The highest BCUT2D eigenvalue weighted by Gasteiger charge is 2.06. The molecule has 0 atom stereocenters. The third-order valence-electron chi connectivity index (χ3n) is 1.33. The van der Waals surface area contributed by atoms with Gasteiger partial charge in [-0.25, -0.2) is 0 Å². The predicted molar refractivity (Wildman–Crippen MR) is 68.4 cm³/mol. The third-order valence-corrected chi connectivity index (χ3v) is 2.11. The van der Waals surface area contributed by atoms with Gasteiger partial charge in [-0.05, 0) is 12.1 Å². The van der Waals surface area contributed by atoms with Crippen LogP contribution >= 0.6 is 34.8 Å². The highest BCUT2D eigenvalue weighted by atomic mass is 35.5. The van der Waals surface area contributed by atoms with Crippen LogP contribution in [-0.2, 0) is 0 Å². The first-order chi connectivity index (χ1) is 7.06. The maximum atomic E-state index is 5.74. The van der Waals surface area contributed by atoms with Crippen molar-refractivity contribution in [2.24, 2.45) is 0 Å². The number of rotatable bonds is 2. The van der Waals surface area contributed by atoms with E-state index in [1.807, 2.05) is 0 Å². The Kier molecular flexibility index (Phi) is 7.31. The molecule has 0 saturated carbocycles. The second-order valence-corrected chi connectivity index (χ2v) is 3.62. The summed E-state index contributed by atoms with van der Waals surface area (Å²) in [5.41, 5.74) is 0. The summed E-state index contributed by atoms with van der Waals surface area (Å²) in [6.07, 6.45) is 3.28. The summed E-state index contributed by atoms with van der Waals surface area (Å²) in [5, 5.41) is 1.34. The van der Waals surface area contributed by atoms with Crippen molar-refractivity contribution in [3.63, 3.8) is 0 Å². The van der Waals surface area contributed by atoms with Gasteiger partial charge in [-0.1, -0.05) is 60.1 Å². The average molecular weight is 266 g/mol. The Hall–Kier alpha value is -0.630. The Morgan fingerprint density at radius 1 is 1.07 bits per heavy atom. The highest BCUT2D eigenvalue weighted by Crippen LogP contribution is 2.35. The molecular formula is C11H11Cl3O. The Morgan fingerprint density at radius 3 is 1.73 bits per heavy atom. The molecule has 0 N–H and O–H groups in total. The molecule has 0 aliphatic rings. The number of ether oxygens (including phenoxy) is 1. The van der Waals surface area contributed by atoms with Crippen LogP contribution in [0.25, 0.3) is 0 Å². The van der Waals surface area contributed by atoms with Crippen molar-refractivity contribution in [3.8, 4) is 5.75 Å². The van der Waals surface area contributed by atoms with Crippen molar-refractivity contribution in [2.75, 3.05) is 7.11 Å². The number of methoxy groups -OCH3 is 1. The van der Waals surface area contributed by atoms with Crippen molar-refractivity contribution in [1.82, 2.24) is 0 Å². The number of allylic oxidation sites excluding steroid dienone is 2. The van der Waals surface area contributed by atoms with E-state index in [4.69, 9.17) is 39.5 Å². The van der Waals surface area contributed by atoms with Crippen LogP contribution in [-0.4, -0.2) is 7.11 Å².